The Morgan fingerprint density at radius 1 is 1.14 bits per heavy atom. The third-order valence-electron chi connectivity index (χ3n) is 6.36. The minimum absolute atomic E-state index is 0.0185. The van der Waals surface area contributed by atoms with Gasteiger partial charge < -0.3 is 24.2 Å². The van der Waals surface area contributed by atoms with Gasteiger partial charge in [-0.05, 0) is 66.8 Å². The third kappa shape index (κ3) is 4.70. The van der Waals surface area contributed by atoms with Crippen LogP contribution in [0.4, 0.5) is 10.5 Å². The summed E-state index contributed by atoms with van der Waals surface area (Å²) >= 11 is 0. The van der Waals surface area contributed by atoms with Gasteiger partial charge in [0.15, 0.2) is 12.8 Å². The molecule has 0 saturated carbocycles. The zero-order chi connectivity index (χ0) is 26.0. The number of aliphatic hydroxyl groups is 1. The van der Waals surface area contributed by atoms with Crippen molar-refractivity contribution in [3.8, 4) is 5.75 Å². The van der Waals surface area contributed by atoms with Crippen LogP contribution in [0.5, 0.6) is 5.75 Å². The first-order chi connectivity index (χ1) is 17.2. The van der Waals surface area contributed by atoms with Gasteiger partial charge in [-0.15, -0.1) is 0 Å². The molecule has 1 N–H and O–H groups in total. The Labute approximate surface area is 209 Å². The molecule has 2 amide bonds. The van der Waals surface area contributed by atoms with Crippen LogP contribution in [0, 0.1) is 13.8 Å². The third-order valence-corrected chi connectivity index (χ3v) is 6.36. The predicted octanol–water partition coefficient (Wildman–Crippen LogP) is 3.57. The Hall–Kier alpha value is -4.11. The molecular weight excluding hydrogens is 464 g/mol. The van der Waals surface area contributed by atoms with Gasteiger partial charge in [-0.25, -0.2) is 14.5 Å². The molecule has 0 aromatic heterocycles. The Balaban J connectivity index is 1.69. The fourth-order valence-electron chi connectivity index (χ4n) is 4.31. The Morgan fingerprint density at radius 2 is 1.83 bits per heavy atom. The summed E-state index contributed by atoms with van der Waals surface area (Å²) in [6.45, 7) is 6.51. The highest BCUT2D eigenvalue weighted by Gasteiger charge is 2.45. The highest BCUT2D eigenvalue weighted by atomic mass is 16.6. The average Bonchev–Trinajstić information content (AvgIpc) is 3.30. The quantitative estimate of drug-likeness (QED) is 0.485. The van der Waals surface area contributed by atoms with Crippen LogP contribution in [0.25, 0.3) is 5.57 Å². The van der Waals surface area contributed by atoms with Gasteiger partial charge >= 0.3 is 12.1 Å². The van der Waals surface area contributed by atoms with Crippen molar-refractivity contribution in [3.05, 3.63) is 77.5 Å². The van der Waals surface area contributed by atoms with E-state index < -0.39 is 30.9 Å². The lowest BCUT2D eigenvalue weighted by Gasteiger charge is -2.31. The summed E-state index contributed by atoms with van der Waals surface area (Å²) in [4.78, 5) is 41.2. The summed E-state index contributed by atoms with van der Waals surface area (Å²) in [6, 6.07) is 9.97. The number of fused-ring (bicyclic) bond motifs is 2. The lowest BCUT2D eigenvalue weighted by atomic mass is 10.0. The molecule has 9 heteroatoms. The number of hydrogen-bond acceptors (Lipinski definition) is 7. The van der Waals surface area contributed by atoms with Gasteiger partial charge in [0.1, 0.15) is 12.4 Å². The van der Waals surface area contributed by atoms with Gasteiger partial charge in [-0.1, -0.05) is 24.8 Å². The fraction of sp³-hybridized carbons (Fsp3) is 0.296. The molecule has 0 spiro atoms. The van der Waals surface area contributed by atoms with Crippen LogP contribution in [0.3, 0.4) is 0 Å². The van der Waals surface area contributed by atoms with Crippen LogP contribution < -0.4 is 9.64 Å². The number of carbonyl (C=O) groups excluding carboxylic acids is 3. The smallest absolute Gasteiger partial charge is 0.417 e. The van der Waals surface area contributed by atoms with Crippen molar-refractivity contribution < 1.29 is 33.7 Å². The van der Waals surface area contributed by atoms with E-state index in [1.807, 2.05) is 38.1 Å². The fourth-order valence-corrected chi connectivity index (χ4v) is 4.31. The summed E-state index contributed by atoms with van der Waals surface area (Å²) < 4.78 is 15.2. The van der Waals surface area contributed by atoms with E-state index >= 15 is 0 Å². The van der Waals surface area contributed by atoms with E-state index in [0.717, 1.165) is 27.2 Å². The van der Waals surface area contributed by atoms with Crippen molar-refractivity contribution in [2.24, 2.45) is 0 Å². The van der Waals surface area contributed by atoms with Crippen LogP contribution in [0.2, 0.25) is 0 Å². The average molecular weight is 493 g/mol. The van der Waals surface area contributed by atoms with Crippen molar-refractivity contribution in [1.82, 2.24) is 4.90 Å². The second-order valence-corrected chi connectivity index (χ2v) is 8.63. The summed E-state index contributed by atoms with van der Waals surface area (Å²) in [5.74, 6) is -0.403. The maximum absolute atomic E-state index is 13.6. The summed E-state index contributed by atoms with van der Waals surface area (Å²) in [5.41, 5.74) is 3.84. The number of ether oxygens (including phenoxy) is 3. The molecule has 2 aromatic carbocycles. The molecule has 2 aliphatic heterocycles. The van der Waals surface area contributed by atoms with Gasteiger partial charge in [-0.3, -0.25) is 4.79 Å². The SMILES string of the molecule is C=CCOC(=O)COC(=O)N1c2cc(C)c(C)cc2C(=O)N2C=C(c3ccc(OC)cc3)C[C@H]2[C@@H]1O. The van der Waals surface area contributed by atoms with Crippen molar-refractivity contribution in [1.29, 1.82) is 0 Å². The topological polar surface area (TPSA) is 106 Å². The molecule has 0 bridgehead atoms. The zero-order valence-corrected chi connectivity index (χ0v) is 20.4. The number of rotatable bonds is 6. The highest BCUT2D eigenvalue weighted by molar-refractivity contribution is 6.06. The summed E-state index contributed by atoms with van der Waals surface area (Å²) in [5, 5.41) is 11.4. The Kier molecular flexibility index (Phi) is 7.12. The molecule has 2 heterocycles. The van der Waals surface area contributed by atoms with Crippen LogP contribution >= 0.6 is 0 Å². The lowest BCUT2D eigenvalue weighted by Crippen LogP contribution is -2.50. The molecule has 36 heavy (non-hydrogen) atoms. The first-order valence-electron chi connectivity index (χ1n) is 11.4. The van der Waals surface area contributed by atoms with Crippen LogP contribution in [-0.4, -0.2) is 60.6 Å². The second-order valence-electron chi connectivity index (χ2n) is 8.63. The van der Waals surface area contributed by atoms with Crippen molar-refractivity contribution in [2.75, 3.05) is 25.2 Å². The number of aryl methyl sites for hydroxylation is 2. The maximum atomic E-state index is 13.6. The van der Waals surface area contributed by atoms with Gasteiger partial charge in [0, 0.05) is 6.20 Å². The van der Waals surface area contributed by atoms with Crippen molar-refractivity contribution >= 4 is 29.2 Å². The second kappa shape index (κ2) is 10.2. The Morgan fingerprint density at radius 3 is 2.50 bits per heavy atom. The molecular formula is C27H28N2O7. The number of esters is 1. The van der Waals surface area contributed by atoms with Crippen molar-refractivity contribution in [3.63, 3.8) is 0 Å². The van der Waals surface area contributed by atoms with E-state index in [9.17, 15) is 19.5 Å². The van der Waals surface area contributed by atoms with Gasteiger partial charge in [0.25, 0.3) is 5.91 Å². The normalized spacial score (nSPS) is 18.6. The standard InChI is InChI=1S/C27H28N2O7/c1-5-10-35-24(30)15-36-27(33)29-22-12-17(3)16(2)11-21(22)25(31)28-14-19(13-23(28)26(29)32)18-6-8-20(34-4)9-7-18/h5-9,11-12,14,23,26,32H,1,10,13,15H2,2-4H3/t23-,26-/m0/s1. The van der Waals surface area contributed by atoms with Crippen LogP contribution in [0.1, 0.15) is 33.5 Å². The number of nitrogens with zero attached hydrogens (tertiary/aromatic N) is 2. The van der Waals surface area contributed by atoms with E-state index in [4.69, 9.17) is 14.2 Å². The molecule has 188 valence electrons. The predicted molar refractivity (Wildman–Crippen MR) is 132 cm³/mol. The molecule has 0 aliphatic carbocycles. The molecule has 4 rings (SSSR count). The molecule has 2 aromatic rings. The maximum Gasteiger partial charge on any atom is 0.417 e. The van der Waals surface area contributed by atoms with E-state index in [0.29, 0.717) is 12.2 Å². The first-order valence-corrected chi connectivity index (χ1v) is 11.4. The molecule has 0 fully saturated rings. The first kappa shape index (κ1) is 25.0. The van der Waals surface area contributed by atoms with Gasteiger partial charge in [0.2, 0.25) is 0 Å². The number of aliphatic hydroxyl groups excluding tert-OH is 1. The lowest BCUT2D eigenvalue weighted by molar-refractivity contribution is -0.145. The summed E-state index contributed by atoms with van der Waals surface area (Å²) in [7, 11) is 1.58. The highest BCUT2D eigenvalue weighted by Crippen LogP contribution is 2.40. The van der Waals surface area contributed by atoms with Crippen LogP contribution in [-0.2, 0) is 14.3 Å². The number of methoxy groups -OCH3 is 1. The Bertz CT molecular complexity index is 1240. The number of anilines is 1. The number of carbonyl (C=O) groups is 3. The number of benzene rings is 2. The monoisotopic (exact) mass is 492 g/mol. The summed E-state index contributed by atoms with van der Waals surface area (Å²) in [6.07, 6.45) is 1.01. The number of amides is 2. The van der Waals surface area contributed by atoms with E-state index in [1.54, 1.807) is 25.4 Å². The molecule has 2 atom stereocenters. The van der Waals surface area contributed by atoms with Crippen LogP contribution in [0.15, 0.2) is 55.3 Å². The molecule has 9 nitrogen and oxygen atoms in total. The molecule has 0 unspecified atom stereocenters. The molecule has 0 radical (unpaired) electrons. The minimum Gasteiger partial charge on any atom is -0.497 e. The van der Waals surface area contributed by atoms with E-state index in [-0.39, 0.29) is 23.8 Å². The van der Waals surface area contributed by atoms with Gasteiger partial charge in [-0.2, -0.15) is 0 Å². The largest absolute Gasteiger partial charge is 0.497 e. The van der Waals surface area contributed by atoms with E-state index in [2.05, 4.69) is 6.58 Å². The van der Waals surface area contributed by atoms with E-state index in [1.165, 1.54) is 11.0 Å². The zero-order valence-electron chi connectivity index (χ0n) is 20.4. The molecule has 0 saturated heterocycles. The minimum atomic E-state index is -1.43. The molecule has 2 aliphatic rings. The van der Waals surface area contributed by atoms with Gasteiger partial charge in [0.05, 0.1) is 24.4 Å². The van der Waals surface area contributed by atoms with Crippen molar-refractivity contribution in [2.45, 2.75) is 32.5 Å². The number of hydrogen-bond donors (Lipinski definition) is 1.